The third kappa shape index (κ3) is 3.41. The Morgan fingerprint density at radius 1 is 1.11 bits per heavy atom. The highest BCUT2D eigenvalue weighted by atomic mass is 16.3. The Labute approximate surface area is 174 Å². The Kier molecular flexibility index (Phi) is 5.77. The third-order valence-corrected chi connectivity index (χ3v) is 10.1. The third-order valence-electron chi connectivity index (χ3n) is 10.1. The van der Waals surface area contributed by atoms with Crippen LogP contribution in [0.4, 0.5) is 0 Å². The van der Waals surface area contributed by atoms with Crippen molar-refractivity contribution >= 4 is 0 Å². The summed E-state index contributed by atoms with van der Waals surface area (Å²) in [5.41, 5.74) is 2.58. The molecule has 3 saturated carbocycles. The van der Waals surface area contributed by atoms with Crippen molar-refractivity contribution in [3.63, 3.8) is 0 Å². The van der Waals surface area contributed by atoms with Crippen LogP contribution in [-0.4, -0.2) is 36.8 Å². The molecule has 0 aromatic heterocycles. The number of nitrogens with zero attached hydrogens (tertiary/aromatic N) is 1. The van der Waals surface area contributed by atoms with E-state index in [0.717, 1.165) is 42.4 Å². The normalized spacial score (nSPS) is 46.5. The van der Waals surface area contributed by atoms with Crippen molar-refractivity contribution in [1.82, 2.24) is 4.90 Å². The highest BCUT2D eigenvalue weighted by Gasteiger charge is 2.59. The first-order valence-corrected chi connectivity index (χ1v) is 12.3. The monoisotopic (exact) mass is 387 g/mol. The Morgan fingerprint density at radius 2 is 1.89 bits per heavy atom. The van der Waals surface area contributed by atoms with Crippen LogP contribution in [0.15, 0.2) is 11.6 Å². The molecule has 0 bridgehead atoms. The number of aliphatic hydroxyl groups excluding tert-OH is 1. The first kappa shape index (κ1) is 20.9. The zero-order valence-electron chi connectivity index (χ0n) is 19.2. The number of fused-ring (bicyclic) bond motifs is 5. The second kappa shape index (κ2) is 7.73. The van der Waals surface area contributed by atoms with Crippen LogP contribution in [0.25, 0.3) is 0 Å². The predicted octanol–water partition coefficient (Wildman–Crippen LogP) is 5.90. The molecule has 0 saturated heterocycles. The number of rotatable bonds is 5. The Balaban J connectivity index is 1.49. The highest BCUT2D eigenvalue weighted by Crippen LogP contribution is 2.67. The van der Waals surface area contributed by atoms with Gasteiger partial charge in [0.25, 0.3) is 0 Å². The van der Waals surface area contributed by atoms with Gasteiger partial charge in [-0.05, 0) is 125 Å². The first-order valence-electron chi connectivity index (χ1n) is 12.3. The number of hydrogen-bond acceptors (Lipinski definition) is 2. The van der Waals surface area contributed by atoms with Crippen LogP contribution < -0.4 is 0 Å². The second-order valence-corrected chi connectivity index (χ2v) is 11.8. The summed E-state index contributed by atoms with van der Waals surface area (Å²) in [6.07, 6.45) is 15.6. The zero-order valence-corrected chi connectivity index (χ0v) is 19.2. The maximum absolute atomic E-state index is 10.2. The van der Waals surface area contributed by atoms with Crippen LogP contribution in [0.2, 0.25) is 0 Å². The fourth-order valence-electron chi connectivity index (χ4n) is 8.55. The molecule has 0 aliphatic heterocycles. The average molecular weight is 388 g/mol. The maximum Gasteiger partial charge on any atom is 0.0577 e. The lowest BCUT2D eigenvalue weighted by Crippen LogP contribution is -2.50. The Morgan fingerprint density at radius 3 is 2.64 bits per heavy atom. The lowest BCUT2D eigenvalue weighted by molar-refractivity contribution is -0.0573. The molecule has 0 amide bonds. The van der Waals surface area contributed by atoms with E-state index >= 15 is 0 Å². The SMILES string of the molecule is C[C@H](CCCN(C)C)[C@H]1CC[C@H]2[C@@H]3CC=C4CC(O)CC[C@]4(C)[C@H]3CC[C@]12C. The lowest BCUT2D eigenvalue weighted by Gasteiger charge is -2.58. The molecule has 0 heterocycles. The molecular weight excluding hydrogens is 342 g/mol. The molecule has 8 atom stereocenters. The largest absolute Gasteiger partial charge is 0.393 e. The van der Waals surface area contributed by atoms with E-state index in [-0.39, 0.29) is 6.10 Å². The van der Waals surface area contributed by atoms with E-state index in [9.17, 15) is 5.11 Å². The van der Waals surface area contributed by atoms with Gasteiger partial charge in [-0.3, -0.25) is 0 Å². The van der Waals surface area contributed by atoms with Crippen molar-refractivity contribution < 1.29 is 5.11 Å². The molecular formula is C26H45NO. The van der Waals surface area contributed by atoms with Gasteiger partial charge in [-0.1, -0.05) is 32.4 Å². The summed E-state index contributed by atoms with van der Waals surface area (Å²) in [5, 5.41) is 10.2. The molecule has 3 fully saturated rings. The van der Waals surface area contributed by atoms with Crippen LogP contribution in [0, 0.1) is 40.4 Å². The van der Waals surface area contributed by atoms with Crippen molar-refractivity contribution in [2.45, 2.75) is 91.1 Å². The van der Waals surface area contributed by atoms with E-state index in [1.54, 1.807) is 5.57 Å². The van der Waals surface area contributed by atoms with Crippen LogP contribution in [-0.2, 0) is 0 Å². The molecule has 1 unspecified atom stereocenters. The molecule has 1 N–H and O–H groups in total. The minimum atomic E-state index is -0.0800. The molecule has 2 heteroatoms. The van der Waals surface area contributed by atoms with Crippen molar-refractivity contribution in [2.24, 2.45) is 40.4 Å². The van der Waals surface area contributed by atoms with Crippen LogP contribution >= 0.6 is 0 Å². The maximum atomic E-state index is 10.2. The summed E-state index contributed by atoms with van der Waals surface area (Å²) >= 11 is 0. The molecule has 160 valence electrons. The molecule has 4 aliphatic carbocycles. The molecule has 0 spiro atoms. The van der Waals surface area contributed by atoms with Crippen molar-refractivity contribution in [1.29, 1.82) is 0 Å². The summed E-state index contributed by atoms with van der Waals surface area (Å²) in [7, 11) is 4.41. The molecule has 4 rings (SSSR count). The smallest absolute Gasteiger partial charge is 0.0577 e. The van der Waals surface area contributed by atoms with E-state index < -0.39 is 0 Å². The van der Waals surface area contributed by atoms with Crippen LogP contribution in [0.3, 0.4) is 0 Å². The molecule has 0 aromatic rings. The molecule has 4 aliphatic rings. The highest BCUT2D eigenvalue weighted by molar-refractivity contribution is 5.25. The van der Waals surface area contributed by atoms with Gasteiger partial charge in [-0.2, -0.15) is 0 Å². The van der Waals surface area contributed by atoms with Crippen molar-refractivity contribution in [3.05, 3.63) is 11.6 Å². The van der Waals surface area contributed by atoms with Crippen LogP contribution in [0.5, 0.6) is 0 Å². The predicted molar refractivity (Wildman–Crippen MR) is 118 cm³/mol. The molecule has 0 aromatic carbocycles. The van der Waals surface area contributed by atoms with E-state index in [4.69, 9.17) is 0 Å². The van der Waals surface area contributed by atoms with E-state index in [1.165, 1.54) is 57.9 Å². The lowest BCUT2D eigenvalue weighted by atomic mass is 9.47. The zero-order chi connectivity index (χ0) is 20.1. The van der Waals surface area contributed by atoms with E-state index in [1.807, 2.05) is 0 Å². The molecule has 0 radical (unpaired) electrons. The Bertz CT molecular complexity index is 597. The Hall–Kier alpha value is -0.340. The van der Waals surface area contributed by atoms with Gasteiger partial charge in [0.15, 0.2) is 0 Å². The summed E-state index contributed by atoms with van der Waals surface area (Å²) in [6, 6.07) is 0. The van der Waals surface area contributed by atoms with Gasteiger partial charge in [0.2, 0.25) is 0 Å². The molecule has 2 nitrogen and oxygen atoms in total. The topological polar surface area (TPSA) is 23.5 Å². The second-order valence-electron chi connectivity index (χ2n) is 11.8. The fraction of sp³-hybridized carbons (Fsp3) is 0.923. The van der Waals surface area contributed by atoms with Gasteiger partial charge >= 0.3 is 0 Å². The van der Waals surface area contributed by atoms with Gasteiger partial charge in [-0.25, -0.2) is 0 Å². The fourth-order valence-corrected chi connectivity index (χ4v) is 8.55. The standard InChI is InChI=1S/C26H45NO/c1-18(7-6-16-27(4)5)22-10-11-23-21-9-8-19-17-20(28)12-14-25(19,2)24(21)13-15-26(22,23)3/h8,18,20-24,28H,6-7,9-17H2,1-5H3/t18-,20?,21+,22-,23+,24+,25+,26-/m1/s1. The van der Waals surface area contributed by atoms with E-state index in [0.29, 0.717) is 10.8 Å². The van der Waals surface area contributed by atoms with Gasteiger partial charge < -0.3 is 10.0 Å². The quantitative estimate of drug-likeness (QED) is 0.593. The molecule has 28 heavy (non-hydrogen) atoms. The minimum Gasteiger partial charge on any atom is -0.393 e. The van der Waals surface area contributed by atoms with Crippen molar-refractivity contribution in [2.75, 3.05) is 20.6 Å². The number of allylic oxidation sites excluding steroid dienone is 1. The first-order chi connectivity index (χ1) is 13.3. The van der Waals surface area contributed by atoms with Gasteiger partial charge in [-0.15, -0.1) is 0 Å². The number of hydrogen-bond donors (Lipinski definition) is 1. The van der Waals surface area contributed by atoms with Crippen molar-refractivity contribution in [3.8, 4) is 0 Å². The average Bonchev–Trinajstić information content (AvgIpc) is 2.99. The number of aliphatic hydroxyl groups is 1. The van der Waals surface area contributed by atoms with Gasteiger partial charge in [0.05, 0.1) is 6.10 Å². The van der Waals surface area contributed by atoms with Gasteiger partial charge in [0.1, 0.15) is 0 Å². The summed E-state index contributed by atoms with van der Waals surface area (Å²) in [4.78, 5) is 2.34. The summed E-state index contributed by atoms with van der Waals surface area (Å²) in [5.74, 6) is 4.53. The van der Waals surface area contributed by atoms with Crippen LogP contribution in [0.1, 0.15) is 85.0 Å². The van der Waals surface area contributed by atoms with Gasteiger partial charge in [0, 0.05) is 0 Å². The van der Waals surface area contributed by atoms with E-state index in [2.05, 4.69) is 45.8 Å². The summed E-state index contributed by atoms with van der Waals surface area (Å²) in [6.45, 7) is 9.03. The minimum absolute atomic E-state index is 0.0800. The summed E-state index contributed by atoms with van der Waals surface area (Å²) < 4.78 is 0.